The Hall–Kier alpha value is -1.62. The quantitative estimate of drug-likeness (QED) is 0.314. The number of nitrogens with zero attached hydrogens (tertiary/aromatic N) is 4. The van der Waals surface area contributed by atoms with Crippen LogP contribution in [0.1, 0.15) is 31.7 Å². The van der Waals surface area contributed by atoms with Gasteiger partial charge in [0.15, 0.2) is 5.96 Å². The fourth-order valence-corrected chi connectivity index (χ4v) is 3.73. The number of piperidine rings is 1. The number of carbonyl (C=O) groups is 1. The molecule has 0 unspecified atom stereocenters. The second-order valence-corrected chi connectivity index (χ2v) is 7.21. The van der Waals surface area contributed by atoms with E-state index in [0.29, 0.717) is 13.1 Å². The minimum atomic E-state index is -0.283. The molecule has 28 heavy (non-hydrogen) atoms. The van der Waals surface area contributed by atoms with Crippen LogP contribution in [0, 0.1) is 5.92 Å². The number of guanidine groups is 1. The topological polar surface area (TPSA) is 107 Å². The zero-order valence-corrected chi connectivity index (χ0v) is 18.7. The van der Waals surface area contributed by atoms with E-state index in [1.807, 2.05) is 13.0 Å². The number of aliphatic hydroxyl groups excluding tert-OH is 1. The highest BCUT2D eigenvalue weighted by molar-refractivity contribution is 14.0. The third kappa shape index (κ3) is 5.69. The maximum atomic E-state index is 11.4. The van der Waals surface area contributed by atoms with E-state index in [1.165, 1.54) is 0 Å². The maximum Gasteiger partial charge on any atom is 0.220 e. The summed E-state index contributed by atoms with van der Waals surface area (Å²) in [6.45, 7) is 6.33. The van der Waals surface area contributed by atoms with Gasteiger partial charge in [0.1, 0.15) is 5.82 Å². The molecule has 8 nitrogen and oxygen atoms in total. The third-order valence-corrected chi connectivity index (χ3v) is 5.26. The minimum Gasteiger partial charge on any atom is -0.391 e. The van der Waals surface area contributed by atoms with Crippen LogP contribution in [-0.4, -0.2) is 65.7 Å². The number of carbonyl (C=O) groups excluding carboxylic acids is 1. The van der Waals surface area contributed by atoms with Gasteiger partial charge in [-0.1, -0.05) is 6.07 Å². The van der Waals surface area contributed by atoms with Gasteiger partial charge in [-0.05, 0) is 32.3 Å². The molecule has 0 aliphatic carbocycles. The van der Waals surface area contributed by atoms with Gasteiger partial charge < -0.3 is 26.0 Å². The Balaban J connectivity index is 0.00000280. The molecule has 1 amide bonds. The van der Waals surface area contributed by atoms with Crippen LogP contribution in [0.5, 0.6) is 0 Å². The number of nitrogens with two attached hydrogens (primary N) is 1. The van der Waals surface area contributed by atoms with Gasteiger partial charge in [-0.15, -0.1) is 24.0 Å². The highest BCUT2D eigenvalue weighted by atomic mass is 127. The van der Waals surface area contributed by atoms with Gasteiger partial charge in [-0.25, -0.2) is 9.98 Å². The van der Waals surface area contributed by atoms with E-state index in [4.69, 9.17) is 10.7 Å². The highest BCUT2D eigenvalue weighted by Crippen LogP contribution is 2.25. The van der Waals surface area contributed by atoms with Gasteiger partial charge in [0, 0.05) is 50.4 Å². The van der Waals surface area contributed by atoms with Gasteiger partial charge in [-0.2, -0.15) is 0 Å². The number of primary amides is 1. The van der Waals surface area contributed by atoms with Crippen molar-refractivity contribution in [2.45, 2.75) is 38.8 Å². The second kappa shape index (κ2) is 10.8. The van der Waals surface area contributed by atoms with Crippen LogP contribution in [0.3, 0.4) is 0 Å². The van der Waals surface area contributed by atoms with Crippen LogP contribution in [0.25, 0.3) is 0 Å². The van der Waals surface area contributed by atoms with Crippen LogP contribution in [0.4, 0.5) is 5.82 Å². The number of hydrogen-bond acceptors (Lipinski definition) is 5. The number of halogens is 1. The number of aliphatic hydroxyl groups is 1. The molecule has 0 aromatic carbocycles. The van der Waals surface area contributed by atoms with Crippen LogP contribution < -0.4 is 16.0 Å². The Labute approximate surface area is 183 Å². The molecule has 3 heterocycles. The number of aromatic nitrogens is 1. The average Bonchev–Trinajstić information content (AvgIpc) is 3.11. The summed E-state index contributed by atoms with van der Waals surface area (Å²) in [5.41, 5.74) is 6.50. The predicted molar refractivity (Wildman–Crippen MR) is 121 cm³/mol. The summed E-state index contributed by atoms with van der Waals surface area (Å²) in [7, 11) is 0. The Kier molecular flexibility index (Phi) is 8.74. The molecule has 0 saturated carbocycles. The lowest BCUT2D eigenvalue weighted by molar-refractivity contribution is -0.122. The van der Waals surface area contributed by atoms with E-state index in [9.17, 15) is 9.90 Å². The van der Waals surface area contributed by atoms with Crippen molar-refractivity contribution < 1.29 is 9.90 Å². The number of anilines is 1. The summed E-state index contributed by atoms with van der Waals surface area (Å²) in [5, 5.41) is 13.1. The molecule has 0 bridgehead atoms. The SMILES string of the molecule is CCNC(=NCc1cccnc1N1CCC(C(N)=O)CC1)N1CC[C@@H](O)C1.I. The number of rotatable bonds is 5. The van der Waals surface area contributed by atoms with E-state index < -0.39 is 0 Å². The molecule has 2 aliphatic rings. The molecule has 0 radical (unpaired) electrons. The second-order valence-electron chi connectivity index (χ2n) is 7.21. The molecule has 2 aliphatic heterocycles. The molecular weight excluding hydrogens is 471 g/mol. The smallest absolute Gasteiger partial charge is 0.220 e. The van der Waals surface area contributed by atoms with Crippen molar-refractivity contribution in [3.8, 4) is 0 Å². The molecular formula is C19H31IN6O2. The fraction of sp³-hybridized carbons (Fsp3) is 0.632. The summed E-state index contributed by atoms with van der Waals surface area (Å²) < 4.78 is 0. The average molecular weight is 502 g/mol. The Morgan fingerprint density at radius 1 is 1.36 bits per heavy atom. The van der Waals surface area contributed by atoms with Gasteiger partial charge >= 0.3 is 0 Å². The number of hydrogen-bond donors (Lipinski definition) is 3. The van der Waals surface area contributed by atoms with Crippen molar-refractivity contribution in [1.82, 2.24) is 15.2 Å². The molecule has 3 rings (SSSR count). The maximum absolute atomic E-state index is 11.4. The van der Waals surface area contributed by atoms with E-state index in [2.05, 4.69) is 26.2 Å². The van der Waals surface area contributed by atoms with Crippen LogP contribution in [0.2, 0.25) is 0 Å². The van der Waals surface area contributed by atoms with Crippen LogP contribution in [-0.2, 0) is 11.3 Å². The number of β-amino-alcohol motifs (C(OH)–C–C–N with tert-alkyl or cyclic N) is 1. The van der Waals surface area contributed by atoms with Crippen molar-refractivity contribution in [2.75, 3.05) is 37.6 Å². The zero-order chi connectivity index (χ0) is 19.2. The number of pyridine rings is 1. The molecule has 1 atom stereocenters. The van der Waals surface area contributed by atoms with Gasteiger partial charge in [-0.3, -0.25) is 4.79 Å². The van der Waals surface area contributed by atoms with Gasteiger partial charge in [0.25, 0.3) is 0 Å². The first-order chi connectivity index (χ1) is 13.1. The molecule has 2 saturated heterocycles. The Bertz CT molecular complexity index is 678. The summed E-state index contributed by atoms with van der Waals surface area (Å²) >= 11 is 0. The number of aliphatic imine (C=N–C) groups is 1. The van der Waals surface area contributed by atoms with Crippen LogP contribution in [0.15, 0.2) is 23.3 Å². The highest BCUT2D eigenvalue weighted by Gasteiger charge is 2.25. The largest absolute Gasteiger partial charge is 0.391 e. The van der Waals surface area contributed by atoms with Crippen molar-refractivity contribution in [3.05, 3.63) is 23.9 Å². The van der Waals surface area contributed by atoms with Gasteiger partial charge in [0.2, 0.25) is 5.91 Å². The number of likely N-dealkylation sites (tertiary alicyclic amines) is 1. The van der Waals surface area contributed by atoms with E-state index in [1.54, 1.807) is 6.20 Å². The van der Waals surface area contributed by atoms with E-state index in [-0.39, 0.29) is 41.9 Å². The first kappa shape index (κ1) is 22.7. The lowest BCUT2D eigenvalue weighted by Gasteiger charge is -2.32. The molecule has 0 spiro atoms. The molecule has 9 heteroatoms. The molecule has 1 aromatic rings. The lowest BCUT2D eigenvalue weighted by Crippen LogP contribution is -2.40. The standard InChI is InChI=1S/C19H30N6O2.HI/c1-2-21-19(25-11-7-16(26)13-25)23-12-15-4-3-8-22-18(15)24-9-5-14(6-10-24)17(20)27;/h3-4,8,14,16,26H,2,5-7,9-13H2,1H3,(H2,20,27)(H,21,23);1H/t16-;/m1./s1. The Morgan fingerprint density at radius 2 is 2.11 bits per heavy atom. The molecule has 4 N–H and O–H groups in total. The lowest BCUT2D eigenvalue weighted by atomic mass is 9.96. The van der Waals surface area contributed by atoms with Crippen molar-refractivity contribution in [1.29, 1.82) is 0 Å². The molecule has 1 aromatic heterocycles. The number of amides is 1. The van der Waals surface area contributed by atoms with E-state index in [0.717, 1.165) is 62.8 Å². The normalized spacial score (nSPS) is 20.8. The molecule has 2 fully saturated rings. The number of nitrogens with one attached hydrogen (secondary N) is 1. The summed E-state index contributed by atoms with van der Waals surface area (Å²) in [5.74, 6) is 1.52. The van der Waals surface area contributed by atoms with Crippen LogP contribution >= 0.6 is 24.0 Å². The summed E-state index contributed by atoms with van der Waals surface area (Å²) in [6, 6.07) is 3.98. The molecule has 156 valence electrons. The third-order valence-electron chi connectivity index (χ3n) is 5.26. The summed E-state index contributed by atoms with van der Waals surface area (Å²) in [4.78, 5) is 25.1. The van der Waals surface area contributed by atoms with Crippen molar-refractivity contribution in [3.63, 3.8) is 0 Å². The fourth-order valence-electron chi connectivity index (χ4n) is 3.73. The zero-order valence-electron chi connectivity index (χ0n) is 16.4. The first-order valence-corrected chi connectivity index (χ1v) is 9.78. The van der Waals surface area contributed by atoms with Gasteiger partial charge in [0.05, 0.1) is 12.6 Å². The first-order valence-electron chi connectivity index (χ1n) is 9.78. The Morgan fingerprint density at radius 3 is 2.71 bits per heavy atom. The minimum absolute atomic E-state index is 0. The monoisotopic (exact) mass is 502 g/mol. The van der Waals surface area contributed by atoms with Crippen molar-refractivity contribution in [2.24, 2.45) is 16.6 Å². The van der Waals surface area contributed by atoms with Crippen molar-refractivity contribution >= 4 is 41.7 Å². The summed E-state index contributed by atoms with van der Waals surface area (Å²) in [6.07, 6.45) is 3.82. The predicted octanol–water partition coefficient (Wildman–Crippen LogP) is 0.933. The van der Waals surface area contributed by atoms with E-state index >= 15 is 0 Å².